The number of rotatable bonds is 18. The Morgan fingerprint density at radius 2 is 1.92 bits per heavy atom. The molecule has 0 aromatic heterocycles. The first-order valence-electron chi connectivity index (χ1n) is 18.5. The van der Waals surface area contributed by atoms with E-state index in [-0.39, 0.29) is 11.5 Å². The third kappa shape index (κ3) is 14.1. The van der Waals surface area contributed by atoms with Crippen molar-refractivity contribution in [1.82, 2.24) is 5.32 Å². The van der Waals surface area contributed by atoms with E-state index in [0.29, 0.717) is 18.3 Å². The third-order valence-electron chi connectivity index (χ3n) is 9.77. The summed E-state index contributed by atoms with van der Waals surface area (Å²) in [6.07, 6.45) is 17.5. The molecule has 0 radical (unpaired) electrons. The maximum absolute atomic E-state index is 13.4. The van der Waals surface area contributed by atoms with E-state index >= 15 is 0 Å². The number of carboxylic acids is 1. The van der Waals surface area contributed by atoms with Gasteiger partial charge in [0.15, 0.2) is 0 Å². The lowest BCUT2D eigenvalue weighted by Gasteiger charge is -2.21. The highest BCUT2D eigenvalue weighted by molar-refractivity contribution is 5.76. The molecule has 1 fully saturated rings. The second kappa shape index (κ2) is 21.4. The van der Waals surface area contributed by atoms with Crippen molar-refractivity contribution in [2.24, 2.45) is 5.92 Å². The highest BCUT2D eigenvalue weighted by Crippen LogP contribution is 2.39. The van der Waals surface area contributed by atoms with E-state index < -0.39 is 17.7 Å². The SMILES string of the molecule is CC(C(=O)O)c1cc(F)ccc1C1COC(C)(C)C1.CC/C=C(/C=C(/OC)C1=C(C)NCCC1)CCCCCOC(CC)CC(C)CC. The van der Waals surface area contributed by atoms with Crippen LogP contribution < -0.4 is 5.32 Å². The average molecular weight is 672 g/mol. The number of nitrogens with one attached hydrogen (secondary N) is 1. The van der Waals surface area contributed by atoms with Gasteiger partial charge in [0.25, 0.3) is 0 Å². The molecule has 2 aliphatic heterocycles. The van der Waals surface area contributed by atoms with Crippen molar-refractivity contribution >= 4 is 5.97 Å². The van der Waals surface area contributed by atoms with Crippen LogP contribution in [0.25, 0.3) is 0 Å². The molecule has 3 rings (SSSR count). The van der Waals surface area contributed by atoms with E-state index in [2.05, 4.69) is 52.1 Å². The first-order chi connectivity index (χ1) is 22.8. The number of unbranched alkanes of at least 4 members (excludes halogenated alkanes) is 2. The number of allylic oxidation sites excluding steroid dienone is 5. The van der Waals surface area contributed by atoms with Crippen molar-refractivity contribution in [3.8, 4) is 0 Å². The predicted molar refractivity (Wildman–Crippen MR) is 196 cm³/mol. The van der Waals surface area contributed by atoms with Gasteiger partial charge in [-0.1, -0.05) is 52.7 Å². The Kier molecular flexibility index (Phi) is 18.6. The number of hydrogen-bond donors (Lipinski definition) is 2. The predicted octanol–water partition coefficient (Wildman–Crippen LogP) is 10.6. The van der Waals surface area contributed by atoms with Crippen molar-refractivity contribution < 1.29 is 28.5 Å². The molecule has 2 aliphatic rings. The van der Waals surface area contributed by atoms with Gasteiger partial charge in [-0.3, -0.25) is 4.79 Å². The average Bonchev–Trinajstić information content (AvgIpc) is 3.43. The standard InChI is InChI=1S/C26H47NO2.C15H19FO3/c1-7-14-23(20-26(28-6)25-16-13-17-27-22(25)5)15-11-10-12-18-29-24(9-3)19-21(4)8-2;1-9(14(17)18)13-6-11(16)4-5-12(13)10-7-15(2,3)19-8-10/h14,20-21,24,27H,7-13,15-19H2,1-6H3;4-6,9-10H,7-8H2,1-3H3,(H,17,18)/b23-14+,26-20+;. The molecule has 0 saturated carbocycles. The topological polar surface area (TPSA) is 77.0 Å². The molecular formula is C41H66FNO5. The van der Waals surface area contributed by atoms with Gasteiger partial charge < -0.3 is 24.6 Å². The molecule has 0 spiro atoms. The quantitative estimate of drug-likeness (QED) is 0.0919. The van der Waals surface area contributed by atoms with Crippen molar-refractivity contribution in [1.29, 1.82) is 0 Å². The molecule has 1 aromatic rings. The number of aliphatic carboxylic acids is 1. The van der Waals surface area contributed by atoms with E-state index in [1.807, 2.05) is 13.8 Å². The van der Waals surface area contributed by atoms with Crippen LogP contribution >= 0.6 is 0 Å². The van der Waals surface area contributed by atoms with Crippen LogP contribution in [0.15, 0.2) is 53.0 Å². The number of hydrogen-bond acceptors (Lipinski definition) is 5. The van der Waals surface area contributed by atoms with Crippen LogP contribution in [0.5, 0.6) is 0 Å². The molecule has 272 valence electrons. The summed E-state index contributed by atoms with van der Waals surface area (Å²) in [5.74, 6) is -0.119. The maximum atomic E-state index is 13.4. The number of carbonyl (C=O) groups is 1. The molecule has 6 nitrogen and oxygen atoms in total. The van der Waals surface area contributed by atoms with E-state index in [1.165, 1.54) is 61.1 Å². The third-order valence-corrected chi connectivity index (χ3v) is 9.77. The largest absolute Gasteiger partial charge is 0.496 e. The van der Waals surface area contributed by atoms with E-state index in [4.69, 9.17) is 19.3 Å². The monoisotopic (exact) mass is 671 g/mol. The Hall–Kier alpha value is -2.64. The van der Waals surface area contributed by atoms with Crippen LogP contribution in [-0.4, -0.2) is 49.6 Å². The molecule has 1 aromatic carbocycles. The van der Waals surface area contributed by atoms with Crippen molar-refractivity contribution in [3.63, 3.8) is 0 Å². The fraction of sp³-hybridized carbons (Fsp3) is 0.683. The summed E-state index contributed by atoms with van der Waals surface area (Å²) in [7, 11) is 1.80. The van der Waals surface area contributed by atoms with Crippen molar-refractivity contribution in [2.45, 2.75) is 150 Å². The Morgan fingerprint density at radius 1 is 1.17 bits per heavy atom. The molecule has 4 atom stereocenters. The molecular weight excluding hydrogens is 605 g/mol. The van der Waals surface area contributed by atoms with Gasteiger partial charge in [-0.05, 0) is 126 Å². The smallest absolute Gasteiger partial charge is 0.310 e. The van der Waals surface area contributed by atoms with Crippen molar-refractivity contribution in [3.05, 3.63) is 69.9 Å². The fourth-order valence-electron chi connectivity index (χ4n) is 6.56. The molecule has 0 amide bonds. The first kappa shape index (κ1) is 41.5. The minimum atomic E-state index is -0.940. The molecule has 4 unspecified atom stereocenters. The molecule has 0 bridgehead atoms. The fourth-order valence-corrected chi connectivity index (χ4v) is 6.56. The zero-order valence-corrected chi connectivity index (χ0v) is 31.6. The van der Waals surface area contributed by atoms with Gasteiger partial charge in [-0.2, -0.15) is 0 Å². The summed E-state index contributed by atoms with van der Waals surface area (Å²) in [5.41, 5.74) is 5.24. The number of halogens is 1. The number of ether oxygens (including phenoxy) is 3. The lowest BCUT2D eigenvalue weighted by Crippen LogP contribution is -2.21. The molecule has 1 saturated heterocycles. The van der Waals surface area contributed by atoms with Crippen molar-refractivity contribution in [2.75, 3.05) is 26.9 Å². The second-order valence-electron chi connectivity index (χ2n) is 14.3. The highest BCUT2D eigenvalue weighted by atomic mass is 19.1. The number of methoxy groups -OCH3 is 1. The molecule has 2 heterocycles. The van der Waals surface area contributed by atoms with Gasteiger partial charge in [0.05, 0.1) is 31.3 Å². The van der Waals surface area contributed by atoms with E-state index in [9.17, 15) is 9.18 Å². The van der Waals surface area contributed by atoms with Gasteiger partial charge in [0.2, 0.25) is 0 Å². The van der Waals surface area contributed by atoms with Gasteiger partial charge in [0.1, 0.15) is 11.6 Å². The summed E-state index contributed by atoms with van der Waals surface area (Å²) in [5, 5.41) is 12.6. The summed E-state index contributed by atoms with van der Waals surface area (Å²) in [4.78, 5) is 11.2. The Balaban J connectivity index is 0.000000362. The van der Waals surface area contributed by atoms with Crippen LogP contribution in [0.2, 0.25) is 0 Å². The summed E-state index contributed by atoms with van der Waals surface area (Å²) in [6, 6.07) is 4.41. The normalized spacial score (nSPS) is 20.0. The number of carboxylic acid groups (broad SMARTS) is 1. The zero-order valence-electron chi connectivity index (χ0n) is 31.6. The minimum Gasteiger partial charge on any atom is -0.496 e. The van der Waals surface area contributed by atoms with E-state index in [0.717, 1.165) is 68.9 Å². The van der Waals surface area contributed by atoms with Crippen LogP contribution in [0.1, 0.15) is 149 Å². The highest BCUT2D eigenvalue weighted by Gasteiger charge is 2.35. The van der Waals surface area contributed by atoms with Gasteiger partial charge in [0, 0.05) is 30.3 Å². The Labute approximate surface area is 291 Å². The summed E-state index contributed by atoms with van der Waals surface area (Å²) in [6.45, 7) is 19.3. The summed E-state index contributed by atoms with van der Waals surface area (Å²) >= 11 is 0. The van der Waals surface area contributed by atoms with Gasteiger partial charge >= 0.3 is 5.97 Å². The Morgan fingerprint density at radius 3 is 2.50 bits per heavy atom. The van der Waals surface area contributed by atoms with Gasteiger partial charge in [-0.25, -0.2) is 4.39 Å². The van der Waals surface area contributed by atoms with Crippen LogP contribution in [0, 0.1) is 11.7 Å². The molecule has 0 aliphatic carbocycles. The Bertz CT molecular complexity index is 1220. The lowest BCUT2D eigenvalue weighted by molar-refractivity contribution is -0.138. The maximum Gasteiger partial charge on any atom is 0.310 e. The van der Waals surface area contributed by atoms with Crippen LogP contribution in [0.3, 0.4) is 0 Å². The first-order valence-corrected chi connectivity index (χ1v) is 18.5. The van der Waals surface area contributed by atoms with Gasteiger partial charge in [-0.15, -0.1) is 0 Å². The minimum absolute atomic E-state index is 0.132. The lowest BCUT2D eigenvalue weighted by atomic mass is 9.85. The van der Waals surface area contributed by atoms with Crippen LogP contribution in [0.4, 0.5) is 4.39 Å². The molecule has 48 heavy (non-hydrogen) atoms. The summed E-state index contributed by atoms with van der Waals surface area (Å²) < 4.78 is 31.0. The zero-order chi connectivity index (χ0) is 35.7. The molecule has 7 heteroatoms. The second-order valence-corrected chi connectivity index (χ2v) is 14.3. The number of benzene rings is 1. The molecule has 2 N–H and O–H groups in total. The van der Waals surface area contributed by atoms with Crippen LogP contribution in [-0.2, 0) is 19.0 Å². The van der Waals surface area contributed by atoms with E-state index in [1.54, 1.807) is 20.1 Å².